The van der Waals surface area contributed by atoms with Crippen LogP contribution in [0.15, 0.2) is 84.9 Å². The first-order valence-electron chi connectivity index (χ1n) is 23.9. The minimum absolute atomic E-state index is 0.00637. The number of nitrogens with one attached hydrogen (secondary N) is 2. The van der Waals surface area contributed by atoms with Crippen molar-refractivity contribution in [2.45, 2.75) is 45.6 Å². The predicted octanol–water partition coefficient (Wildman–Crippen LogP) is 5.75. The number of hydrogen-bond donors (Lipinski definition) is 2. The molecule has 1 fully saturated rings. The highest BCUT2D eigenvalue weighted by Gasteiger charge is 2.44. The van der Waals surface area contributed by atoms with Crippen LogP contribution < -0.4 is 25.0 Å². The van der Waals surface area contributed by atoms with Crippen LogP contribution in [0.5, 0.6) is 11.5 Å². The second-order valence-corrected chi connectivity index (χ2v) is 18.3. The van der Waals surface area contributed by atoms with E-state index in [1.165, 1.54) is 23.5 Å². The summed E-state index contributed by atoms with van der Waals surface area (Å²) in [6.45, 7) is 8.87. The molecule has 0 aliphatic carbocycles. The average Bonchev–Trinajstić information content (AvgIpc) is 4.04. The van der Waals surface area contributed by atoms with Gasteiger partial charge in [0, 0.05) is 34.7 Å². The Labute approximate surface area is 420 Å². The van der Waals surface area contributed by atoms with Crippen LogP contribution in [0.1, 0.15) is 65.5 Å². The number of benzene rings is 4. The number of hydrogen-bond acceptors (Lipinski definition) is 15. The van der Waals surface area contributed by atoms with Crippen molar-refractivity contribution in [2.24, 2.45) is 0 Å². The third kappa shape index (κ3) is 13.2. The molecule has 6 amide bonds. The van der Waals surface area contributed by atoms with E-state index in [0.29, 0.717) is 94.8 Å². The van der Waals surface area contributed by atoms with Crippen LogP contribution in [-0.2, 0) is 50.9 Å². The molecule has 3 aliphatic heterocycles. The van der Waals surface area contributed by atoms with E-state index < -0.39 is 29.7 Å². The lowest BCUT2D eigenvalue weighted by Gasteiger charge is -2.27. The van der Waals surface area contributed by atoms with E-state index in [4.69, 9.17) is 38.1 Å². The van der Waals surface area contributed by atoms with Crippen LogP contribution >= 0.6 is 11.3 Å². The number of imide groups is 2. The number of thiazole rings is 1. The van der Waals surface area contributed by atoms with Crippen molar-refractivity contribution >= 4 is 57.6 Å². The second kappa shape index (κ2) is 25.0. The molecule has 18 nitrogen and oxygen atoms in total. The molecule has 0 saturated carbocycles. The number of carbonyl (C=O) groups excluding carboxylic acids is 6. The standard InChI is InChI=1S/C53H57N5O13S/c1-34-6-3-4-9-41(34)50(62)57-17-16-37-32-38(10-13-44(37)57)48-35(2)72-53(56-48)55-47(60)31-36-7-5-8-39(30-36)70-28-26-68-24-22-66-20-18-65-19-21-67-23-25-69-27-29-71-40-11-12-42-43(33-40)52(64)58(51(42)63)45-14-15-46(59)54-49(45)61/h3-13,30,32-33,45H,14-29,31H2,1-2H3,(H,54,59,61)(H,55,56,60). The molecule has 0 spiro atoms. The fourth-order valence-corrected chi connectivity index (χ4v) is 9.34. The van der Waals surface area contributed by atoms with Crippen LogP contribution in [0.3, 0.4) is 0 Å². The summed E-state index contributed by atoms with van der Waals surface area (Å²) in [7, 11) is 0. The molecule has 4 heterocycles. The molecule has 378 valence electrons. The van der Waals surface area contributed by atoms with Gasteiger partial charge in [0.25, 0.3) is 17.7 Å². The number of aryl methyl sites for hydroxylation is 2. The minimum Gasteiger partial charge on any atom is -0.491 e. The molecule has 0 bridgehead atoms. The van der Waals surface area contributed by atoms with Crippen LogP contribution in [0, 0.1) is 13.8 Å². The van der Waals surface area contributed by atoms with Crippen molar-refractivity contribution in [3.63, 3.8) is 0 Å². The monoisotopic (exact) mass is 1000 g/mol. The molecule has 8 rings (SSSR count). The molecule has 1 atom stereocenters. The van der Waals surface area contributed by atoms with Crippen LogP contribution in [-0.4, -0.2) is 137 Å². The zero-order valence-electron chi connectivity index (χ0n) is 40.2. The zero-order chi connectivity index (χ0) is 50.4. The van der Waals surface area contributed by atoms with E-state index in [2.05, 4.69) is 16.7 Å². The summed E-state index contributed by atoms with van der Waals surface area (Å²) >= 11 is 1.43. The number of amides is 6. The summed E-state index contributed by atoms with van der Waals surface area (Å²) in [5.41, 5.74) is 6.58. The summed E-state index contributed by atoms with van der Waals surface area (Å²) in [6.07, 6.45) is 1.06. The Bertz CT molecular complexity index is 2780. The third-order valence-electron chi connectivity index (χ3n) is 12.1. The number of rotatable bonds is 26. The van der Waals surface area contributed by atoms with Crippen molar-refractivity contribution in [1.82, 2.24) is 15.2 Å². The highest BCUT2D eigenvalue weighted by atomic mass is 32.1. The number of aromatic nitrogens is 1. The van der Waals surface area contributed by atoms with Gasteiger partial charge in [0.1, 0.15) is 30.8 Å². The van der Waals surface area contributed by atoms with E-state index in [0.717, 1.165) is 49.8 Å². The first-order valence-corrected chi connectivity index (χ1v) is 24.7. The molecule has 72 heavy (non-hydrogen) atoms. The summed E-state index contributed by atoms with van der Waals surface area (Å²) in [5, 5.41) is 5.67. The maximum Gasteiger partial charge on any atom is 0.262 e. The number of nitrogens with zero attached hydrogens (tertiary/aromatic N) is 3. The molecular weight excluding hydrogens is 947 g/mol. The zero-order valence-corrected chi connectivity index (χ0v) is 41.1. The molecule has 0 radical (unpaired) electrons. The normalized spacial score (nSPS) is 15.2. The van der Waals surface area contributed by atoms with Crippen LogP contribution in [0.2, 0.25) is 0 Å². The number of anilines is 2. The van der Waals surface area contributed by atoms with Gasteiger partial charge in [-0.2, -0.15) is 0 Å². The lowest BCUT2D eigenvalue weighted by Crippen LogP contribution is -2.54. The fourth-order valence-electron chi connectivity index (χ4n) is 8.49. The lowest BCUT2D eigenvalue weighted by atomic mass is 10.0. The highest BCUT2D eigenvalue weighted by Crippen LogP contribution is 2.37. The molecule has 4 aromatic carbocycles. The molecular formula is C53H57N5O13S. The summed E-state index contributed by atoms with van der Waals surface area (Å²) in [4.78, 5) is 84.6. The minimum atomic E-state index is -1.03. The topological polar surface area (TPSA) is 210 Å². The highest BCUT2D eigenvalue weighted by molar-refractivity contribution is 7.16. The second-order valence-electron chi connectivity index (χ2n) is 17.1. The largest absolute Gasteiger partial charge is 0.491 e. The van der Waals surface area contributed by atoms with Crippen LogP contribution in [0.25, 0.3) is 11.3 Å². The summed E-state index contributed by atoms with van der Waals surface area (Å²) in [6, 6.07) is 24.7. The maximum atomic E-state index is 13.4. The third-order valence-corrected chi connectivity index (χ3v) is 13.0. The van der Waals surface area contributed by atoms with Gasteiger partial charge < -0.3 is 43.4 Å². The average molecular weight is 1000 g/mol. The summed E-state index contributed by atoms with van der Waals surface area (Å²) in [5.74, 6) is -1.41. The van der Waals surface area contributed by atoms with Gasteiger partial charge >= 0.3 is 0 Å². The molecule has 1 aromatic heterocycles. The van der Waals surface area contributed by atoms with Gasteiger partial charge in [-0.25, -0.2) is 4.98 Å². The number of fused-ring (bicyclic) bond motifs is 2. The Kier molecular flexibility index (Phi) is 17.9. The lowest BCUT2D eigenvalue weighted by molar-refractivity contribution is -0.136. The Hall–Kier alpha value is -6.87. The van der Waals surface area contributed by atoms with Gasteiger partial charge in [0.15, 0.2) is 5.13 Å². The Balaban J connectivity index is 0.619. The Morgan fingerprint density at radius 2 is 1.33 bits per heavy atom. The van der Waals surface area contributed by atoms with Crippen molar-refractivity contribution in [3.05, 3.63) is 123 Å². The number of ether oxygens (including phenoxy) is 7. The van der Waals surface area contributed by atoms with Gasteiger partial charge in [-0.1, -0.05) is 36.4 Å². The number of carbonyl (C=O) groups is 6. The predicted molar refractivity (Wildman–Crippen MR) is 266 cm³/mol. The Morgan fingerprint density at radius 3 is 2.00 bits per heavy atom. The molecule has 1 unspecified atom stereocenters. The first kappa shape index (κ1) is 51.5. The molecule has 19 heteroatoms. The van der Waals surface area contributed by atoms with Crippen molar-refractivity contribution < 1.29 is 61.9 Å². The van der Waals surface area contributed by atoms with Crippen molar-refractivity contribution in [2.75, 3.05) is 96.0 Å². The molecule has 3 aliphatic rings. The van der Waals surface area contributed by atoms with Crippen LogP contribution in [0.4, 0.5) is 10.8 Å². The van der Waals surface area contributed by atoms with Gasteiger partial charge in [-0.3, -0.25) is 39.0 Å². The van der Waals surface area contributed by atoms with E-state index in [1.54, 1.807) is 6.07 Å². The SMILES string of the molecule is Cc1ccccc1C(=O)N1CCc2cc(-c3nc(NC(=O)Cc4cccc(OCCOCCOCCOCCOCCOCCOc5ccc6c(c5)C(=O)N(C5CCC(=O)NC5=O)C6=O)c4)sc3C)ccc21. The van der Waals surface area contributed by atoms with E-state index >= 15 is 0 Å². The van der Waals surface area contributed by atoms with E-state index in [-0.39, 0.29) is 55.4 Å². The van der Waals surface area contributed by atoms with Crippen molar-refractivity contribution in [1.29, 1.82) is 0 Å². The fraction of sp³-hybridized carbons (Fsp3) is 0.377. The van der Waals surface area contributed by atoms with E-state index in [9.17, 15) is 28.8 Å². The molecule has 1 saturated heterocycles. The summed E-state index contributed by atoms with van der Waals surface area (Å²) < 4.78 is 39.4. The van der Waals surface area contributed by atoms with Gasteiger partial charge in [0.05, 0.1) is 89.3 Å². The van der Waals surface area contributed by atoms with Gasteiger partial charge in [0.2, 0.25) is 17.7 Å². The first-order chi connectivity index (χ1) is 35.0. The number of piperidine rings is 1. The van der Waals surface area contributed by atoms with E-state index in [1.807, 2.05) is 79.4 Å². The molecule has 2 N–H and O–H groups in total. The van der Waals surface area contributed by atoms with Gasteiger partial charge in [-0.15, -0.1) is 11.3 Å². The van der Waals surface area contributed by atoms with Crippen molar-refractivity contribution in [3.8, 4) is 22.8 Å². The Morgan fingerprint density at radius 1 is 0.694 bits per heavy atom. The molecule has 5 aromatic rings. The maximum absolute atomic E-state index is 13.4. The quantitative estimate of drug-likeness (QED) is 0.0499. The smallest absolute Gasteiger partial charge is 0.262 e. The van der Waals surface area contributed by atoms with Gasteiger partial charge in [-0.05, 0) is 91.9 Å².